The van der Waals surface area contributed by atoms with Crippen LogP contribution >= 0.6 is 0 Å². The van der Waals surface area contributed by atoms with Crippen molar-refractivity contribution in [2.24, 2.45) is 7.05 Å². The normalized spacial score (nSPS) is 17.9. The van der Waals surface area contributed by atoms with Crippen LogP contribution in [0.25, 0.3) is 11.3 Å². The fourth-order valence-electron chi connectivity index (χ4n) is 2.93. The Bertz CT molecular complexity index is 601. The van der Waals surface area contributed by atoms with Gasteiger partial charge in [-0.05, 0) is 51.1 Å². The van der Waals surface area contributed by atoms with Gasteiger partial charge in [0, 0.05) is 24.2 Å². The molecule has 106 valence electrons. The van der Waals surface area contributed by atoms with Crippen molar-refractivity contribution < 1.29 is 4.74 Å². The van der Waals surface area contributed by atoms with Crippen molar-refractivity contribution in [3.63, 3.8) is 0 Å². The van der Waals surface area contributed by atoms with Crippen molar-refractivity contribution in [2.75, 3.05) is 13.2 Å². The minimum atomic E-state index is 0.335. The smallest absolute Gasteiger partial charge is 0.119 e. The molecule has 2 aromatic rings. The number of aromatic nitrogens is 2. The summed E-state index contributed by atoms with van der Waals surface area (Å²) in [5.74, 6) is 0.919. The van der Waals surface area contributed by atoms with E-state index in [0.29, 0.717) is 12.6 Å². The van der Waals surface area contributed by atoms with Crippen LogP contribution in [0, 0.1) is 0 Å². The first-order valence-corrected chi connectivity index (χ1v) is 7.23. The minimum absolute atomic E-state index is 0.335. The van der Waals surface area contributed by atoms with Crippen molar-refractivity contribution >= 4 is 0 Å². The van der Waals surface area contributed by atoms with Crippen LogP contribution in [0.5, 0.6) is 5.75 Å². The van der Waals surface area contributed by atoms with Gasteiger partial charge in [-0.15, -0.1) is 0 Å². The van der Waals surface area contributed by atoms with E-state index >= 15 is 0 Å². The fourth-order valence-corrected chi connectivity index (χ4v) is 2.93. The lowest BCUT2D eigenvalue weighted by atomic mass is 9.97. The molecule has 0 saturated carbocycles. The van der Waals surface area contributed by atoms with Crippen LogP contribution < -0.4 is 10.1 Å². The Morgan fingerprint density at radius 3 is 2.80 bits per heavy atom. The average Bonchev–Trinajstić information content (AvgIpc) is 2.78. The molecule has 0 spiro atoms. The molecule has 1 aromatic carbocycles. The SMILES string of the molecule is CCOc1ccc(-c2c3c(nn2C)[C@H](C)NCC3)cc1. The van der Waals surface area contributed by atoms with Crippen LogP contribution in [0.3, 0.4) is 0 Å². The first kappa shape index (κ1) is 13.2. The van der Waals surface area contributed by atoms with E-state index in [0.717, 1.165) is 18.7 Å². The lowest BCUT2D eigenvalue weighted by Crippen LogP contribution is -2.27. The Morgan fingerprint density at radius 2 is 2.10 bits per heavy atom. The van der Waals surface area contributed by atoms with E-state index in [1.165, 1.54) is 22.5 Å². The monoisotopic (exact) mass is 271 g/mol. The van der Waals surface area contributed by atoms with E-state index in [1.54, 1.807) is 0 Å². The number of nitrogens with one attached hydrogen (secondary N) is 1. The molecule has 0 saturated heterocycles. The summed E-state index contributed by atoms with van der Waals surface area (Å²) in [5, 5.41) is 8.15. The van der Waals surface area contributed by atoms with Crippen LogP contribution in [0.2, 0.25) is 0 Å². The van der Waals surface area contributed by atoms with Crippen LogP contribution in [-0.4, -0.2) is 22.9 Å². The molecule has 0 aliphatic carbocycles. The van der Waals surface area contributed by atoms with E-state index in [4.69, 9.17) is 9.84 Å². The minimum Gasteiger partial charge on any atom is -0.494 e. The van der Waals surface area contributed by atoms with Crippen molar-refractivity contribution in [1.29, 1.82) is 0 Å². The van der Waals surface area contributed by atoms with E-state index < -0.39 is 0 Å². The molecule has 4 heteroatoms. The summed E-state index contributed by atoms with van der Waals surface area (Å²) in [7, 11) is 2.02. The summed E-state index contributed by atoms with van der Waals surface area (Å²) in [4.78, 5) is 0. The molecular formula is C16H21N3O. The Labute approximate surface area is 119 Å². The predicted molar refractivity (Wildman–Crippen MR) is 79.9 cm³/mol. The summed E-state index contributed by atoms with van der Waals surface area (Å²) in [5.41, 5.74) is 5.00. The largest absolute Gasteiger partial charge is 0.494 e. The second kappa shape index (κ2) is 5.29. The summed E-state index contributed by atoms with van der Waals surface area (Å²) < 4.78 is 7.51. The van der Waals surface area contributed by atoms with E-state index in [9.17, 15) is 0 Å². The molecule has 1 atom stereocenters. The lowest BCUT2D eigenvalue weighted by molar-refractivity contribution is 0.340. The van der Waals surface area contributed by atoms with Gasteiger partial charge in [0.2, 0.25) is 0 Å². The van der Waals surface area contributed by atoms with E-state index in [2.05, 4.69) is 24.4 Å². The molecule has 3 rings (SSSR count). The highest BCUT2D eigenvalue weighted by Crippen LogP contribution is 2.32. The molecule has 1 aliphatic heterocycles. The Morgan fingerprint density at radius 1 is 1.35 bits per heavy atom. The zero-order chi connectivity index (χ0) is 14.1. The molecule has 1 aromatic heterocycles. The standard InChI is InChI=1S/C16H21N3O/c1-4-20-13-7-5-12(6-8-13)16-14-9-10-17-11(2)15(14)18-19(16)3/h5-8,11,17H,4,9-10H2,1-3H3/t11-/m0/s1. The molecule has 1 N–H and O–H groups in total. The number of nitrogens with zero attached hydrogens (tertiary/aromatic N) is 2. The van der Waals surface area contributed by atoms with Gasteiger partial charge in [0.1, 0.15) is 5.75 Å². The van der Waals surface area contributed by atoms with Gasteiger partial charge in [-0.3, -0.25) is 4.68 Å². The molecule has 0 radical (unpaired) electrons. The first-order chi connectivity index (χ1) is 9.70. The Hall–Kier alpha value is -1.81. The van der Waals surface area contributed by atoms with Crippen LogP contribution in [0.4, 0.5) is 0 Å². The second-order valence-corrected chi connectivity index (χ2v) is 5.22. The molecule has 0 fully saturated rings. The van der Waals surface area contributed by atoms with Gasteiger partial charge in [0.05, 0.1) is 18.0 Å². The zero-order valence-electron chi connectivity index (χ0n) is 12.3. The zero-order valence-corrected chi connectivity index (χ0v) is 12.3. The van der Waals surface area contributed by atoms with Gasteiger partial charge in [-0.2, -0.15) is 5.10 Å². The van der Waals surface area contributed by atoms with Crippen molar-refractivity contribution in [3.8, 4) is 17.0 Å². The van der Waals surface area contributed by atoms with Crippen LogP contribution in [-0.2, 0) is 13.5 Å². The highest BCUT2D eigenvalue weighted by molar-refractivity contribution is 5.66. The summed E-state index contributed by atoms with van der Waals surface area (Å²) >= 11 is 0. The Kier molecular flexibility index (Phi) is 3.49. The highest BCUT2D eigenvalue weighted by atomic mass is 16.5. The number of aryl methyl sites for hydroxylation is 1. The van der Waals surface area contributed by atoms with Gasteiger partial charge >= 0.3 is 0 Å². The second-order valence-electron chi connectivity index (χ2n) is 5.22. The number of hydrogen-bond acceptors (Lipinski definition) is 3. The van der Waals surface area contributed by atoms with E-state index in [1.807, 2.05) is 30.8 Å². The number of ether oxygens (including phenoxy) is 1. The molecule has 20 heavy (non-hydrogen) atoms. The van der Waals surface area contributed by atoms with Gasteiger partial charge in [0.15, 0.2) is 0 Å². The van der Waals surface area contributed by atoms with Crippen molar-refractivity contribution in [1.82, 2.24) is 15.1 Å². The maximum absolute atomic E-state index is 5.51. The molecule has 0 unspecified atom stereocenters. The highest BCUT2D eigenvalue weighted by Gasteiger charge is 2.24. The summed E-state index contributed by atoms with van der Waals surface area (Å²) in [6.07, 6.45) is 1.04. The molecule has 1 aliphatic rings. The fraction of sp³-hybridized carbons (Fsp3) is 0.438. The molecule has 0 bridgehead atoms. The van der Waals surface area contributed by atoms with E-state index in [-0.39, 0.29) is 0 Å². The van der Waals surface area contributed by atoms with Gasteiger partial charge < -0.3 is 10.1 Å². The maximum atomic E-state index is 5.51. The van der Waals surface area contributed by atoms with Gasteiger partial charge in [-0.25, -0.2) is 0 Å². The third-order valence-electron chi connectivity index (χ3n) is 3.85. The average molecular weight is 271 g/mol. The number of hydrogen-bond donors (Lipinski definition) is 1. The van der Waals surface area contributed by atoms with Crippen molar-refractivity contribution in [2.45, 2.75) is 26.3 Å². The van der Waals surface area contributed by atoms with Crippen LogP contribution in [0.15, 0.2) is 24.3 Å². The number of benzene rings is 1. The number of rotatable bonds is 3. The Balaban J connectivity index is 2.01. The van der Waals surface area contributed by atoms with Gasteiger partial charge in [0.25, 0.3) is 0 Å². The third kappa shape index (κ3) is 2.20. The van der Waals surface area contributed by atoms with Gasteiger partial charge in [-0.1, -0.05) is 0 Å². The summed E-state index contributed by atoms with van der Waals surface area (Å²) in [6.45, 7) is 5.89. The molecular weight excluding hydrogens is 250 g/mol. The quantitative estimate of drug-likeness (QED) is 0.933. The third-order valence-corrected chi connectivity index (χ3v) is 3.85. The number of fused-ring (bicyclic) bond motifs is 1. The molecule has 2 heterocycles. The predicted octanol–water partition coefficient (Wildman–Crippen LogP) is 2.69. The first-order valence-electron chi connectivity index (χ1n) is 7.23. The molecule has 4 nitrogen and oxygen atoms in total. The molecule has 0 amide bonds. The van der Waals surface area contributed by atoms with Crippen molar-refractivity contribution in [3.05, 3.63) is 35.5 Å². The topological polar surface area (TPSA) is 39.1 Å². The van der Waals surface area contributed by atoms with Crippen LogP contribution in [0.1, 0.15) is 31.1 Å². The summed E-state index contributed by atoms with van der Waals surface area (Å²) in [6, 6.07) is 8.64. The maximum Gasteiger partial charge on any atom is 0.119 e. The lowest BCUT2D eigenvalue weighted by Gasteiger charge is -2.19.